The van der Waals surface area contributed by atoms with Crippen molar-refractivity contribution in [1.82, 2.24) is 20.2 Å². The summed E-state index contributed by atoms with van der Waals surface area (Å²) in [4.78, 5) is 11.4. The summed E-state index contributed by atoms with van der Waals surface area (Å²) in [5, 5.41) is 3.40. The van der Waals surface area contributed by atoms with E-state index in [-0.39, 0.29) is 6.10 Å². The second-order valence-electron chi connectivity index (χ2n) is 6.42. The lowest BCUT2D eigenvalue weighted by Gasteiger charge is -2.34. The molecule has 1 aliphatic rings. The largest absolute Gasteiger partial charge is 0.368 e. The van der Waals surface area contributed by atoms with Crippen molar-refractivity contribution in [2.45, 2.75) is 46.4 Å². The van der Waals surface area contributed by atoms with Gasteiger partial charge in [0, 0.05) is 43.6 Å². The van der Waals surface area contributed by atoms with Crippen LogP contribution in [0.25, 0.3) is 0 Å². The highest BCUT2D eigenvalue weighted by molar-refractivity contribution is 5.07. The van der Waals surface area contributed by atoms with Crippen molar-refractivity contribution in [3.8, 4) is 0 Å². The maximum atomic E-state index is 5.81. The molecule has 1 saturated heterocycles. The third-order valence-corrected chi connectivity index (χ3v) is 3.72. The molecule has 1 aromatic rings. The predicted octanol–water partition coefficient (Wildman–Crippen LogP) is 2.00. The van der Waals surface area contributed by atoms with Crippen molar-refractivity contribution in [3.63, 3.8) is 0 Å². The summed E-state index contributed by atoms with van der Waals surface area (Å²) >= 11 is 0. The number of morpholine rings is 1. The van der Waals surface area contributed by atoms with Gasteiger partial charge in [-0.1, -0.05) is 13.8 Å². The van der Waals surface area contributed by atoms with E-state index in [2.05, 4.69) is 47.9 Å². The van der Waals surface area contributed by atoms with Crippen molar-refractivity contribution in [3.05, 3.63) is 23.8 Å². The van der Waals surface area contributed by atoms with Crippen LogP contribution in [-0.4, -0.2) is 47.2 Å². The van der Waals surface area contributed by atoms with Gasteiger partial charge in [-0.2, -0.15) is 0 Å². The van der Waals surface area contributed by atoms with Crippen molar-refractivity contribution in [2.75, 3.05) is 26.2 Å². The molecule has 21 heavy (non-hydrogen) atoms. The Morgan fingerprint density at radius 1 is 1.29 bits per heavy atom. The Kier molecular flexibility index (Phi) is 6.08. The monoisotopic (exact) mass is 292 g/mol. The summed E-state index contributed by atoms with van der Waals surface area (Å²) in [6.45, 7) is 13.3. The van der Waals surface area contributed by atoms with Gasteiger partial charge in [-0.05, 0) is 26.3 Å². The zero-order chi connectivity index (χ0) is 15.2. The van der Waals surface area contributed by atoms with E-state index in [1.807, 2.05) is 12.4 Å². The lowest BCUT2D eigenvalue weighted by Crippen LogP contribution is -2.42. The Morgan fingerprint density at radius 2 is 2.00 bits per heavy atom. The van der Waals surface area contributed by atoms with Gasteiger partial charge in [0.1, 0.15) is 6.10 Å². The molecular formula is C16H28N4O. The third-order valence-electron chi connectivity index (χ3n) is 3.72. The van der Waals surface area contributed by atoms with Gasteiger partial charge in [0.25, 0.3) is 0 Å². The number of ether oxygens (including phenoxy) is 1. The third kappa shape index (κ3) is 5.02. The molecular weight excluding hydrogens is 264 g/mol. The second kappa shape index (κ2) is 7.82. The molecule has 1 unspecified atom stereocenters. The minimum atomic E-state index is -0.00109. The number of hydrogen-bond acceptors (Lipinski definition) is 5. The Bertz CT molecular complexity index is 419. The van der Waals surface area contributed by atoms with Crippen LogP contribution in [0.1, 0.15) is 45.2 Å². The van der Waals surface area contributed by atoms with Crippen LogP contribution >= 0.6 is 0 Å². The Balaban J connectivity index is 1.89. The summed E-state index contributed by atoms with van der Waals surface area (Å²) < 4.78 is 5.81. The fourth-order valence-electron chi connectivity index (χ4n) is 2.42. The van der Waals surface area contributed by atoms with Crippen LogP contribution in [0.4, 0.5) is 0 Å². The summed E-state index contributed by atoms with van der Waals surface area (Å²) in [7, 11) is 0. The van der Waals surface area contributed by atoms with E-state index in [1.54, 1.807) is 0 Å². The molecule has 0 saturated carbocycles. The fraction of sp³-hybridized carbons (Fsp3) is 0.750. The lowest BCUT2D eigenvalue weighted by atomic mass is 10.2. The highest BCUT2D eigenvalue weighted by atomic mass is 16.5. The quantitative estimate of drug-likeness (QED) is 0.869. The second-order valence-corrected chi connectivity index (χ2v) is 6.42. The van der Waals surface area contributed by atoms with Crippen LogP contribution < -0.4 is 5.32 Å². The van der Waals surface area contributed by atoms with E-state index < -0.39 is 0 Å². The van der Waals surface area contributed by atoms with Gasteiger partial charge in [0.15, 0.2) is 5.82 Å². The Hall–Kier alpha value is -1.04. The first-order valence-electron chi connectivity index (χ1n) is 7.93. The average molecular weight is 292 g/mol. The number of nitrogens with zero attached hydrogens (tertiary/aromatic N) is 3. The van der Waals surface area contributed by atoms with E-state index in [0.29, 0.717) is 12.0 Å². The molecule has 5 heteroatoms. The van der Waals surface area contributed by atoms with Crippen molar-refractivity contribution >= 4 is 0 Å². The Morgan fingerprint density at radius 3 is 2.62 bits per heavy atom. The zero-order valence-electron chi connectivity index (χ0n) is 13.7. The Labute approximate surface area is 128 Å². The van der Waals surface area contributed by atoms with Gasteiger partial charge in [0.05, 0.1) is 6.61 Å². The van der Waals surface area contributed by atoms with Gasteiger partial charge in [-0.15, -0.1) is 0 Å². The van der Waals surface area contributed by atoms with Crippen molar-refractivity contribution in [1.29, 1.82) is 0 Å². The van der Waals surface area contributed by atoms with E-state index in [0.717, 1.165) is 44.2 Å². The molecule has 1 aliphatic heterocycles. The lowest BCUT2D eigenvalue weighted by molar-refractivity contribution is -0.0443. The smallest absolute Gasteiger partial charge is 0.158 e. The molecule has 1 atom stereocenters. The van der Waals surface area contributed by atoms with E-state index in [1.165, 1.54) is 0 Å². The molecule has 0 bridgehead atoms. The van der Waals surface area contributed by atoms with Crippen LogP contribution in [0, 0.1) is 5.92 Å². The molecule has 5 nitrogen and oxygen atoms in total. The van der Waals surface area contributed by atoms with Gasteiger partial charge in [0.2, 0.25) is 0 Å². The topological polar surface area (TPSA) is 50.3 Å². The van der Waals surface area contributed by atoms with Crippen LogP contribution in [0.15, 0.2) is 12.4 Å². The molecule has 118 valence electrons. The van der Waals surface area contributed by atoms with Gasteiger partial charge < -0.3 is 10.1 Å². The number of aromatic nitrogens is 2. The van der Waals surface area contributed by atoms with Crippen LogP contribution in [0.3, 0.4) is 0 Å². The fourth-order valence-corrected chi connectivity index (χ4v) is 2.42. The SMILES string of the molecule is CC(C)CNCc1cnc(C2CN(C(C)C)CCO2)nc1. The molecule has 0 radical (unpaired) electrons. The van der Waals surface area contributed by atoms with E-state index in [9.17, 15) is 0 Å². The molecule has 2 heterocycles. The van der Waals surface area contributed by atoms with Crippen LogP contribution in [0.5, 0.6) is 0 Å². The predicted molar refractivity (Wildman–Crippen MR) is 84.0 cm³/mol. The number of nitrogens with one attached hydrogen (secondary N) is 1. The molecule has 0 spiro atoms. The maximum absolute atomic E-state index is 5.81. The first-order valence-corrected chi connectivity index (χ1v) is 7.93. The van der Waals surface area contributed by atoms with Crippen molar-refractivity contribution < 1.29 is 4.74 Å². The van der Waals surface area contributed by atoms with Crippen LogP contribution in [0.2, 0.25) is 0 Å². The standard InChI is InChI=1S/C16H28N4O/c1-12(2)7-17-8-14-9-18-16(19-10-14)15-11-20(13(3)4)5-6-21-15/h9-10,12-13,15,17H,5-8,11H2,1-4H3. The molecule has 0 amide bonds. The summed E-state index contributed by atoms with van der Waals surface area (Å²) in [5.41, 5.74) is 1.12. The molecule has 0 aromatic carbocycles. The molecule has 1 fully saturated rings. The summed E-state index contributed by atoms with van der Waals surface area (Å²) in [6, 6.07) is 0.538. The van der Waals surface area contributed by atoms with E-state index >= 15 is 0 Å². The van der Waals surface area contributed by atoms with Crippen molar-refractivity contribution in [2.24, 2.45) is 5.92 Å². The first kappa shape index (κ1) is 16.3. The number of hydrogen-bond donors (Lipinski definition) is 1. The highest BCUT2D eigenvalue weighted by Gasteiger charge is 2.25. The molecule has 2 rings (SSSR count). The van der Waals surface area contributed by atoms with Crippen LogP contribution in [-0.2, 0) is 11.3 Å². The molecule has 1 N–H and O–H groups in total. The first-order chi connectivity index (χ1) is 10.1. The van der Waals surface area contributed by atoms with Gasteiger partial charge >= 0.3 is 0 Å². The summed E-state index contributed by atoms with van der Waals surface area (Å²) in [6.07, 6.45) is 3.82. The average Bonchev–Trinajstić information content (AvgIpc) is 2.48. The molecule has 0 aliphatic carbocycles. The van der Waals surface area contributed by atoms with E-state index in [4.69, 9.17) is 4.74 Å². The van der Waals surface area contributed by atoms with Gasteiger partial charge in [-0.25, -0.2) is 9.97 Å². The van der Waals surface area contributed by atoms with Gasteiger partial charge in [-0.3, -0.25) is 4.90 Å². The zero-order valence-corrected chi connectivity index (χ0v) is 13.7. The normalized spacial score (nSPS) is 20.4. The minimum Gasteiger partial charge on any atom is -0.368 e. The maximum Gasteiger partial charge on any atom is 0.158 e. The molecule has 1 aromatic heterocycles. The highest BCUT2D eigenvalue weighted by Crippen LogP contribution is 2.20. The summed E-state index contributed by atoms with van der Waals surface area (Å²) in [5.74, 6) is 1.45. The number of rotatable bonds is 6. The minimum absolute atomic E-state index is 0.00109.